The number of hydrogen-bond donors (Lipinski definition) is 0. The second-order valence-electron chi connectivity index (χ2n) is 4.22. The zero-order valence-corrected chi connectivity index (χ0v) is 11.5. The summed E-state index contributed by atoms with van der Waals surface area (Å²) in [6.07, 6.45) is 0. The molecule has 1 aromatic rings. The van der Waals surface area contributed by atoms with Gasteiger partial charge in [0.25, 0.3) is 0 Å². The summed E-state index contributed by atoms with van der Waals surface area (Å²) < 4.78 is 4.31. The number of carbonyl (C=O) groups is 1. The quantitative estimate of drug-likeness (QED) is 0.568. The van der Waals surface area contributed by atoms with Crippen LogP contribution in [0.1, 0.15) is 20.8 Å². The van der Waals surface area contributed by atoms with Gasteiger partial charge in [-0.05, 0) is 0 Å². The second kappa shape index (κ2) is 5.36. The Balaban J connectivity index is 2.59. The van der Waals surface area contributed by atoms with E-state index in [-0.39, 0.29) is 11.2 Å². The molecule has 0 atom stereocenters. The fraction of sp³-hybridized carbons (Fsp3) is 0.308. The Morgan fingerprint density at radius 2 is 1.80 bits per heavy atom. The first kappa shape index (κ1) is 12.3. The van der Waals surface area contributed by atoms with Gasteiger partial charge in [-0.2, -0.15) is 0 Å². The van der Waals surface area contributed by atoms with Gasteiger partial charge in [0.15, 0.2) is 0 Å². The Kier molecular flexibility index (Phi) is 4.40. The van der Waals surface area contributed by atoms with Gasteiger partial charge >= 0.3 is 102 Å². The first-order chi connectivity index (χ1) is 7.00. The molecule has 0 aliphatic rings. The fourth-order valence-electron chi connectivity index (χ4n) is 0.807. The predicted octanol–water partition coefficient (Wildman–Crippen LogP) is 1.59. The zero-order valence-electron chi connectivity index (χ0n) is 9.20. The van der Waals surface area contributed by atoms with Gasteiger partial charge in [0.05, 0.1) is 0 Å². The second-order valence-corrected chi connectivity index (χ2v) is 6.73. The van der Waals surface area contributed by atoms with Crippen molar-refractivity contribution >= 4 is 30.3 Å². The minimum absolute atomic E-state index is 0.0310. The molecule has 78 valence electrons. The molecule has 0 fully saturated rings. The maximum atomic E-state index is 11.5. The van der Waals surface area contributed by atoms with Crippen molar-refractivity contribution in [2.24, 2.45) is 5.41 Å². The van der Waals surface area contributed by atoms with Gasteiger partial charge in [0.1, 0.15) is 0 Å². The van der Waals surface area contributed by atoms with Crippen LogP contribution in [0.25, 0.3) is 0 Å². The fourth-order valence-corrected chi connectivity index (χ4v) is 2.39. The normalized spacial score (nSPS) is 10.3. The molecule has 0 saturated carbocycles. The van der Waals surface area contributed by atoms with Crippen molar-refractivity contribution in [3.05, 3.63) is 30.3 Å². The van der Waals surface area contributed by atoms with Crippen LogP contribution in [-0.4, -0.2) is 26.7 Å². The van der Waals surface area contributed by atoms with E-state index < -0.39 is 20.9 Å². The number of rotatable bonds is 1. The van der Waals surface area contributed by atoms with Gasteiger partial charge in [0.2, 0.25) is 0 Å². The molecule has 0 spiro atoms. The molecular formula is C13H14OTe. The SMILES string of the molecule is CC(C)(C)C(=O)C#C[Te]c1ccccc1. The third kappa shape index (κ3) is 4.52. The molecule has 0 N–H and O–H groups in total. The van der Waals surface area contributed by atoms with E-state index in [0.29, 0.717) is 0 Å². The van der Waals surface area contributed by atoms with E-state index >= 15 is 0 Å². The van der Waals surface area contributed by atoms with Crippen LogP contribution in [0.4, 0.5) is 0 Å². The summed E-state index contributed by atoms with van der Waals surface area (Å²) in [5.41, 5.74) is -0.337. The molecule has 15 heavy (non-hydrogen) atoms. The van der Waals surface area contributed by atoms with Crippen molar-refractivity contribution in [2.45, 2.75) is 20.8 Å². The van der Waals surface area contributed by atoms with Crippen LogP contribution >= 0.6 is 0 Å². The molecule has 0 unspecified atom stereocenters. The molecule has 0 aromatic heterocycles. The Morgan fingerprint density at radius 1 is 1.20 bits per heavy atom. The van der Waals surface area contributed by atoms with Crippen molar-refractivity contribution in [1.29, 1.82) is 0 Å². The summed E-state index contributed by atoms with van der Waals surface area (Å²) in [4.78, 5) is 11.5. The van der Waals surface area contributed by atoms with Crippen LogP contribution in [0.15, 0.2) is 30.3 Å². The van der Waals surface area contributed by atoms with Gasteiger partial charge in [-0.3, -0.25) is 0 Å². The summed E-state index contributed by atoms with van der Waals surface area (Å²) in [5.74, 6) is 2.77. The van der Waals surface area contributed by atoms with E-state index in [4.69, 9.17) is 0 Å². The monoisotopic (exact) mass is 316 g/mol. The van der Waals surface area contributed by atoms with Gasteiger partial charge in [-0.1, -0.05) is 0 Å². The van der Waals surface area contributed by atoms with Crippen LogP contribution in [0, 0.1) is 15.3 Å². The first-order valence-corrected chi connectivity index (χ1v) is 7.10. The van der Waals surface area contributed by atoms with E-state index in [1.54, 1.807) is 0 Å². The molecule has 0 saturated heterocycles. The molecule has 0 amide bonds. The number of benzene rings is 1. The standard InChI is InChI=1S/C13H14OTe/c1-13(2,3)12(14)9-10-15-11-7-5-4-6-8-11/h4-8H,1-3H3. The molecular weight excluding hydrogens is 300 g/mol. The van der Waals surface area contributed by atoms with E-state index in [9.17, 15) is 4.79 Å². The summed E-state index contributed by atoms with van der Waals surface area (Å²) in [5, 5.41) is 0. The first-order valence-electron chi connectivity index (χ1n) is 4.77. The third-order valence-corrected chi connectivity index (χ3v) is 3.79. The molecule has 0 radical (unpaired) electrons. The van der Waals surface area contributed by atoms with Crippen LogP contribution in [0.5, 0.6) is 0 Å². The molecule has 0 aliphatic heterocycles. The van der Waals surface area contributed by atoms with Crippen molar-refractivity contribution in [3.8, 4) is 9.89 Å². The van der Waals surface area contributed by atoms with Gasteiger partial charge < -0.3 is 0 Å². The van der Waals surface area contributed by atoms with Crippen molar-refractivity contribution < 1.29 is 4.79 Å². The Bertz CT molecular complexity index is 390. The Morgan fingerprint density at radius 3 is 2.33 bits per heavy atom. The van der Waals surface area contributed by atoms with E-state index in [1.807, 2.05) is 39.0 Å². The van der Waals surface area contributed by atoms with Crippen LogP contribution in [-0.2, 0) is 4.79 Å². The number of ketones is 1. The van der Waals surface area contributed by atoms with Gasteiger partial charge in [-0.15, -0.1) is 0 Å². The van der Waals surface area contributed by atoms with Gasteiger partial charge in [0, 0.05) is 0 Å². The van der Waals surface area contributed by atoms with Crippen LogP contribution in [0.2, 0.25) is 0 Å². The van der Waals surface area contributed by atoms with Crippen molar-refractivity contribution in [2.75, 3.05) is 0 Å². The summed E-state index contributed by atoms with van der Waals surface area (Å²) in [6.45, 7) is 5.69. The molecule has 1 rings (SSSR count). The van der Waals surface area contributed by atoms with Crippen LogP contribution < -0.4 is 3.61 Å². The molecule has 1 aromatic carbocycles. The van der Waals surface area contributed by atoms with Crippen molar-refractivity contribution in [1.82, 2.24) is 0 Å². The maximum absolute atomic E-state index is 11.5. The molecule has 1 nitrogen and oxygen atoms in total. The predicted molar refractivity (Wildman–Crippen MR) is 64.1 cm³/mol. The Hall–Kier alpha value is -0.760. The van der Waals surface area contributed by atoms with Crippen molar-refractivity contribution in [3.63, 3.8) is 0 Å². The minimum atomic E-state index is -0.515. The average Bonchev–Trinajstić information content (AvgIpc) is 2.18. The van der Waals surface area contributed by atoms with Gasteiger partial charge in [-0.25, -0.2) is 0 Å². The summed E-state index contributed by atoms with van der Waals surface area (Å²) in [7, 11) is 0. The average molecular weight is 314 g/mol. The third-order valence-electron chi connectivity index (χ3n) is 1.76. The van der Waals surface area contributed by atoms with E-state index in [1.165, 1.54) is 3.61 Å². The molecule has 0 heterocycles. The zero-order chi connectivity index (χ0) is 11.3. The topological polar surface area (TPSA) is 17.1 Å². The van der Waals surface area contributed by atoms with Crippen LogP contribution in [0.3, 0.4) is 0 Å². The molecule has 2 heteroatoms. The summed E-state index contributed by atoms with van der Waals surface area (Å²) in [6, 6.07) is 10.1. The number of Topliss-reactive ketones (excluding diaryl/α,β-unsaturated/α-hetero) is 1. The van der Waals surface area contributed by atoms with E-state index in [0.717, 1.165) is 0 Å². The van der Waals surface area contributed by atoms with E-state index in [2.05, 4.69) is 22.0 Å². The Labute approximate surface area is 101 Å². The molecule has 0 bridgehead atoms. The molecule has 0 aliphatic carbocycles. The number of hydrogen-bond acceptors (Lipinski definition) is 1. The summed E-state index contributed by atoms with van der Waals surface area (Å²) >= 11 is -0.515. The number of carbonyl (C=O) groups excluding carboxylic acids is 1.